The number of carbonyl (C=O) groups excluding carboxylic acids is 2. The SMILES string of the molecule is CCCC(NC(=O)CN1CCCN(C(C)=O)CC1)c1ccccc1. The largest absolute Gasteiger partial charge is 0.348 e. The van der Waals surface area contributed by atoms with Crippen LogP contribution in [0.4, 0.5) is 0 Å². The second-order valence-corrected chi connectivity index (χ2v) is 6.46. The lowest BCUT2D eigenvalue weighted by Crippen LogP contribution is -2.40. The Kier molecular flexibility index (Phi) is 7.25. The van der Waals surface area contributed by atoms with Crippen molar-refractivity contribution in [1.82, 2.24) is 15.1 Å². The smallest absolute Gasteiger partial charge is 0.234 e. The molecule has 1 atom stereocenters. The number of benzene rings is 1. The summed E-state index contributed by atoms with van der Waals surface area (Å²) in [5.74, 6) is 0.182. The Labute approximate surface area is 145 Å². The summed E-state index contributed by atoms with van der Waals surface area (Å²) in [6, 6.07) is 10.2. The molecule has 0 aliphatic carbocycles. The number of carbonyl (C=O) groups is 2. The third-order valence-electron chi connectivity index (χ3n) is 4.52. The van der Waals surface area contributed by atoms with Crippen LogP contribution in [0, 0.1) is 0 Å². The molecule has 1 aliphatic heterocycles. The third kappa shape index (κ3) is 5.64. The number of hydrogen-bond donors (Lipinski definition) is 1. The standard InChI is InChI=1S/C19H29N3O2/c1-3-8-18(17-9-5-4-6-10-17)20-19(24)15-21-11-7-12-22(14-13-21)16(2)23/h4-6,9-10,18H,3,7-8,11-15H2,1-2H3,(H,20,24). The fraction of sp³-hybridized carbons (Fsp3) is 0.579. The molecule has 132 valence electrons. The first kappa shape index (κ1) is 18.5. The molecule has 24 heavy (non-hydrogen) atoms. The average molecular weight is 331 g/mol. The minimum atomic E-state index is 0.0635. The van der Waals surface area contributed by atoms with Gasteiger partial charge in [0.15, 0.2) is 0 Å². The Bertz CT molecular complexity index is 533. The molecule has 0 spiro atoms. The van der Waals surface area contributed by atoms with Gasteiger partial charge in [-0.15, -0.1) is 0 Å². The second-order valence-electron chi connectivity index (χ2n) is 6.46. The highest BCUT2D eigenvalue weighted by Gasteiger charge is 2.20. The van der Waals surface area contributed by atoms with Crippen molar-refractivity contribution in [2.24, 2.45) is 0 Å². The van der Waals surface area contributed by atoms with Crippen molar-refractivity contribution in [3.8, 4) is 0 Å². The molecular weight excluding hydrogens is 302 g/mol. The predicted octanol–water partition coefficient (Wildman–Crippen LogP) is 2.20. The van der Waals surface area contributed by atoms with E-state index in [1.807, 2.05) is 23.1 Å². The first-order valence-electron chi connectivity index (χ1n) is 8.92. The molecule has 1 heterocycles. The highest BCUT2D eigenvalue weighted by atomic mass is 16.2. The summed E-state index contributed by atoms with van der Waals surface area (Å²) in [6.45, 7) is 7.26. The number of amides is 2. The molecule has 1 aromatic carbocycles. The van der Waals surface area contributed by atoms with Gasteiger partial charge in [0.05, 0.1) is 12.6 Å². The number of rotatable bonds is 6. The second kappa shape index (κ2) is 9.42. The van der Waals surface area contributed by atoms with Crippen molar-refractivity contribution in [3.63, 3.8) is 0 Å². The van der Waals surface area contributed by atoms with E-state index in [0.717, 1.165) is 44.5 Å². The van der Waals surface area contributed by atoms with Crippen LogP contribution >= 0.6 is 0 Å². The molecule has 1 N–H and O–H groups in total. The molecule has 0 aromatic heterocycles. The number of hydrogen-bond acceptors (Lipinski definition) is 3. The third-order valence-corrected chi connectivity index (χ3v) is 4.52. The average Bonchev–Trinajstić information content (AvgIpc) is 2.81. The van der Waals surface area contributed by atoms with Crippen LogP contribution in [-0.2, 0) is 9.59 Å². The maximum atomic E-state index is 12.5. The lowest BCUT2D eigenvalue weighted by Gasteiger charge is -2.23. The minimum absolute atomic E-state index is 0.0635. The lowest BCUT2D eigenvalue weighted by atomic mass is 10.0. The first-order chi connectivity index (χ1) is 11.6. The van der Waals surface area contributed by atoms with E-state index in [1.165, 1.54) is 0 Å². The fourth-order valence-corrected chi connectivity index (χ4v) is 3.18. The topological polar surface area (TPSA) is 52.7 Å². The van der Waals surface area contributed by atoms with E-state index in [2.05, 4.69) is 29.3 Å². The molecular formula is C19H29N3O2. The summed E-state index contributed by atoms with van der Waals surface area (Å²) < 4.78 is 0. The van der Waals surface area contributed by atoms with Crippen LogP contribution in [0.25, 0.3) is 0 Å². The Morgan fingerprint density at radius 1 is 1.12 bits per heavy atom. The van der Waals surface area contributed by atoms with Gasteiger partial charge in [0.25, 0.3) is 0 Å². The highest BCUT2D eigenvalue weighted by molar-refractivity contribution is 5.78. The van der Waals surface area contributed by atoms with Gasteiger partial charge in [-0.2, -0.15) is 0 Å². The van der Waals surface area contributed by atoms with Crippen LogP contribution in [0.15, 0.2) is 30.3 Å². The molecule has 2 rings (SSSR count). The summed E-state index contributed by atoms with van der Waals surface area (Å²) in [5, 5.41) is 3.17. The normalized spacial score (nSPS) is 17.2. The van der Waals surface area contributed by atoms with Gasteiger partial charge in [-0.05, 0) is 18.4 Å². The summed E-state index contributed by atoms with van der Waals surface area (Å²) >= 11 is 0. The van der Waals surface area contributed by atoms with Crippen LogP contribution in [0.3, 0.4) is 0 Å². The van der Waals surface area contributed by atoms with Crippen LogP contribution in [-0.4, -0.2) is 54.3 Å². The molecule has 5 heteroatoms. The molecule has 0 bridgehead atoms. The Balaban J connectivity index is 1.88. The van der Waals surface area contributed by atoms with Crippen molar-refractivity contribution in [3.05, 3.63) is 35.9 Å². The molecule has 0 saturated carbocycles. The van der Waals surface area contributed by atoms with Gasteiger partial charge in [-0.1, -0.05) is 43.7 Å². The van der Waals surface area contributed by atoms with Crippen molar-refractivity contribution < 1.29 is 9.59 Å². The Morgan fingerprint density at radius 2 is 1.88 bits per heavy atom. The van der Waals surface area contributed by atoms with Crippen LogP contribution in [0.2, 0.25) is 0 Å². The molecule has 1 unspecified atom stereocenters. The molecule has 0 radical (unpaired) electrons. The summed E-state index contributed by atoms with van der Waals surface area (Å²) in [7, 11) is 0. The zero-order valence-corrected chi connectivity index (χ0v) is 14.8. The fourth-order valence-electron chi connectivity index (χ4n) is 3.18. The summed E-state index contributed by atoms with van der Waals surface area (Å²) in [6.07, 6.45) is 2.88. The van der Waals surface area contributed by atoms with Crippen LogP contribution in [0.1, 0.15) is 44.7 Å². The maximum absolute atomic E-state index is 12.5. The minimum Gasteiger partial charge on any atom is -0.348 e. The predicted molar refractivity (Wildman–Crippen MR) is 95.5 cm³/mol. The molecule has 1 aliphatic rings. The van der Waals surface area contributed by atoms with Crippen LogP contribution < -0.4 is 5.32 Å². The van der Waals surface area contributed by atoms with E-state index in [0.29, 0.717) is 13.1 Å². The Hall–Kier alpha value is -1.88. The van der Waals surface area contributed by atoms with Crippen LogP contribution in [0.5, 0.6) is 0 Å². The number of nitrogens with one attached hydrogen (secondary N) is 1. The van der Waals surface area contributed by atoms with Crippen molar-refractivity contribution in [1.29, 1.82) is 0 Å². The van der Waals surface area contributed by atoms with Crippen molar-refractivity contribution in [2.45, 2.75) is 39.2 Å². The van der Waals surface area contributed by atoms with Gasteiger partial charge in [-0.25, -0.2) is 0 Å². The zero-order chi connectivity index (χ0) is 17.4. The van der Waals surface area contributed by atoms with Crippen molar-refractivity contribution >= 4 is 11.8 Å². The zero-order valence-electron chi connectivity index (χ0n) is 14.8. The van der Waals surface area contributed by atoms with E-state index in [-0.39, 0.29) is 17.9 Å². The Morgan fingerprint density at radius 3 is 2.54 bits per heavy atom. The summed E-state index contributed by atoms with van der Waals surface area (Å²) in [5.41, 5.74) is 1.16. The number of nitrogens with zero attached hydrogens (tertiary/aromatic N) is 2. The molecule has 2 amide bonds. The van der Waals surface area contributed by atoms with Gasteiger partial charge in [0.2, 0.25) is 11.8 Å². The van der Waals surface area contributed by atoms with E-state index in [4.69, 9.17) is 0 Å². The molecule has 5 nitrogen and oxygen atoms in total. The summed E-state index contributed by atoms with van der Waals surface area (Å²) in [4.78, 5) is 28.0. The van der Waals surface area contributed by atoms with Gasteiger partial charge in [-0.3, -0.25) is 14.5 Å². The van der Waals surface area contributed by atoms with E-state index in [1.54, 1.807) is 6.92 Å². The van der Waals surface area contributed by atoms with E-state index >= 15 is 0 Å². The molecule has 1 fully saturated rings. The highest BCUT2D eigenvalue weighted by Crippen LogP contribution is 2.18. The van der Waals surface area contributed by atoms with Gasteiger partial charge < -0.3 is 10.2 Å². The molecule has 1 aromatic rings. The first-order valence-corrected chi connectivity index (χ1v) is 8.92. The van der Waals surface area contributed by atoms with Gasteiger partial charge >= 0.3 is 0 Å². The van der Waals surface area contributed by atoms with E-state index < -0.39 is 0 Å². The van der Waals surface area contributed by atoms with Gasteiger partial charge in [0.1, 0.15) is 0 Å². The van der Waals surface area contributed by atoms with E-state index in [9.17, 15) is 9.59 Å². The monoisotopic (exact) mass is 331 g/mol. The quantitative estimate of drug-likeness (QED) is 0.869. The van der Waals surface area contributed by atoms with Crippen molar-refractivity contribution in [2.75, 3.05) is 32.7 Å². The lowest BCUT2D eigenvalue weighted by molar-refractivity contribution is -0.128. The van der Waals surface area contributed by atoms with Gasteiger partial charge in [0, 0.05) is 33.1 Å². The molecule has 1 saturated heterocycles. The maximum Gasteiger partial charge on any atom is 0.234 e.